The molecule has 230 valence electrons. The van der Waals surface area contributed by atoms with Crippen molar-refractivity contribution in [1.82, 2.24) is 5.32 Å². The highest BCUT2D eigenvalue weighted by atomic mass is 31.2. The number of hydrogen-bond acceptors (Lipinski definition) is 7. The summed E-state index contributed by atoms with van der Waals surface area (Å²) in [6, 6.07) is 0. The second-order valence-corrected chi connectivity index (χ2v) is 11.5. The minimum Gasteiger partial charge on any atom is -0.463 e. The maximum absolute atomic E-state index is 11.9. The van der Waals surface area contributed by atoms with Gasteiger partial charge in [-0.05, 0) is 38.5 Å². The molecule has 0 aromatic heterocycles. The predicted molar refractivity (Wildman–Crippen MR) is 155 cm³/mol. The molecular weight excluding hydrogens is 521 g/mol. The summed E-state index contributed by atoms with van der Waals surface area (Å²) >= 11 is 0. The van der Waals surface area contributed by atoms with E-state index in [2.05, 4.69) is 31.3 Å². The zero-order chi connectivity index (χ0) is 29.0. The number of phosphoric acid groups is 1. The molecule has 2 atom stereocenters. The molecule has 9 nitrogen and oxygen atoms in total. The number of ether oxygens (including phenoxy) is 1. The molecule has 0 saturated carbocycles. The second kappa shape index (κ2) is 26.9. The fourth-order valence-electron chi connectivity index (χ4n) is 3.84. The first-order chi connectivity index (χ1) is 18.8. The predicted octanol–water partition coefficient (Wildman–Crippen LogP) is 6.76. The number of unbranched alkanes of at least 4 members (excludes halogenated alkanes) is 13. The Morgan fingerprint density at radius 1 is 0.769 bits per heavy atom. The lowest BCUT2D eigenvalue weighted by Gasteiger charge is -2.15. The molecule has 3 N–H and O–H groups in total. The lowest BCUT2D eigenvalue weighted by atomic mass is 10.1. The largest absolute Gasteiger partial charge is 0.472 e. The van der Waals surface area contributed by atoms with E-state index in [0.717, 1.165) is 57.8 Å². The summed E-state index contributed by atoms with van der Waals surface area (Å²) in [7, 11) is -4.39. The molecule has 0 fully saturated rings. The molecule has 0 saturated heterocycles. The number of allylic oxidation sites excluding steroid dienone is 2. The van der Waals surface area contributed by atoms with Gasteiger partial charge in [0.1, 0.15) is 12.7 Å². The molecule has 1 amide bonds. The number of aliphatic hydroxyl groups excluding tert-OH is 1. The van der Waals surface area contributed by atoms with Gasteiger partial charge in [0, 0.05) is 19.4 Å². The Balaban J connectivity index is 3.67. The van der Waals surface area contributed by atoms with Crippen LogP contribution in [0.3, 0.4) is 0 Å². The van der Waals surface area contributed by atoms with Gasteiger partial charge in [-0.1, -0.05) is 90.2 Å². The average Bonchev–Trinajstić information content (AvgIpc) is 2.91. The van der Waals surface area contributed by atoms with Gasteiger partial charge in [-0.25, -0.2) is 4.57 Å². The molecule has 0 radical (unpaired) electrons. The van der Waals surface area contributed by atoms with Crippen molar-refractivity contribution in [3.8, 4) is 0 Å². The smallest absolute Gasteiger partial charge is 0.463 e. The van der Waals surface area contributed by atoms with Crippen molar-refractivity contribution >= 4 is 19.7 Å². The molecule has 0 heterocycles. The molecule has 0 bridgehead atoms. The van der Waals surface area contributed by atoms with Crippen molar-refractivity contribution in [2.75, 3.05) is 26.4 Å². The zero-order valence-electron chi connectivity index (χ0n) is 24.6. The average molecular weight is 578 g/mol. The number of esters is 1. The van der Waals surface area contributed by atoms with Gasteiger partial charge in [-0.2, -0.15) is 0 Å². The summed E-state index contributed by atoms with van der Waals surface area (Å²) in [6.07, 6.45) is 21.7. The highest BCUT2D eigenvalue weighted by molar-refractivity contribution is 7.47. The minimum atomic E-state index is -4.39. The van der Waals surface area contributed by atoms with Crippen molar-refractivity contribution in [1.29, 1.82) is 0 Å². The quantitative estimate of drug-likeness (QED) is 0.0402. The van der Waals surface area contributed by atoms with Gasteiger partial charge in [-0.15, -0.1) is 0 Å². The SMILES string of the molecule is CCCCC/C=C\CCCCCCCC(=O)NCCOP(=O)(O)OCC(O)COC(=O)CCCCCCCC. The number of phosphoric ester groups is 1. The molecule has 0 aromatic rings. The van der Waals surface area contributed by atoms with Crippen LogP contribution < -0.4 is 5.32 Å². The summed E-state index contributed by atoms with van der Waals surface area (Å²) in [4.78, 5) is 33.3. The Bertz CT molecular complexity index is 674. The normalized spacial score (nSPS) is 13.8. The zero-order valence-corrected chi connectivity index (χ0v) is 25.5. The van der Waals surface area contributed by atoms with Crippen LogP contribution in [0.4, 0.5) is 0 Å². The van der Waals surface area contributed by atoms with E-state index in [0.29, 0.717) is 6.42 Å². The second-order valence-electron chi connectivity index (χ2n) is 10.1. The van der Waals surface area contributed by atoms with Crippen LogP contribution in [-0.2, 0) is 27.9 Å². The molecule has 0 spiro atoms. The summed E-state index contributed by atoms with van der Waals surface area (Å²) in [5, 5.41) is 12.5. The third-order valence-corrected chi connectivity index (χ3v) is 7.18. The fourth-order valence-corrected chi connectivity index (χ4v) is 4.60. The van der Waals surface area contributed by atoms with Crippen molar-refractivity contribution in [2.45, 2.75) is 136 Å². The first-order valence-electron chi connectivity index (χ1n) is 15.2. The number of hydrogen-bond donors (Lipinski definition) is 3. The van der Waals surface area contributed by atoms with Crippen molar-refractivity contribution in [3.05, 3.63) is 12.2 Å². The molecule has 0 aliphatic heterocycles. The minimum absolute atomic E-state index is 0.0793. The molecule has 0 rings (SSSR count). The van der Waals surface area contributed by atoms with Crippen LogP contribution in [-0.4, -0.2) is 54.3 Å². The van der Waals surface area contributed by atoms with Crippen LogP contribution in [0.5, 0.6) is 0 Å². The Morgan fingerprint density at radius 3 is 1.97 bits per heavy atom. The summed E-state index contributed by atoms with van der Waals surface area (Å²) in [6.45, 7) is 3.41. The monoisotopic (exact) mass is 577 g/mol. The molecule has 0 aromatic carbocycles. The van der Waals surface area contributed by atoms with E-state index in [-0.39, 0.29) is 32.1 Å². The number of aliphatic hydroxyl groups is 1. The van der Waals surface area contributed by atoms with E-state index in [1.807, 2.05) is 0 Å². The molecule has 2 unspecified atom stereocenters. The van der Waals surface area contributed by atoms with E-state index in [9.17, 15) is 24.2 Å². The van der Waals surface area contributed by atoms with Crippen LogP contribution in [0, 0.1) is 0 Å². The van der Waals surface area contributed by atoms with Crippen molar-refractivity contribution in [3.63, 3.8) is 0 Å². The number of rotatable bonds is 28. The third kappa shape index (κ3) is 28.1. The van der Waals surface area contributed by atoms with Gasteiger partial charge < -0.3 is 20.1 Å². The number of amides is 1. The van der Waals surface area contributed by atoms with Crippen LogP contribution >= 0.6 is 7.82 Å². The molecule has 39 heavy (non-hydrogen) atoms. The topological polar surface area (TPSA) is 131 Å². The maximum Gasteiger partial charge on any atom is 0.472 e. The van der Waals surface area contributed by atoms with Crippen LogP contribution in [0.2, 0.25) is 0 Å². The van der Waals surface area contributed by atoms with E-state index in [4.69, 9.17) is 13.8 Å². The van der Waals surface area contributed by atoms with Crippen molar-refractivity contribution < 1.29 is 37.9 Å². The molecule has 0 aliphatic rings. The highest BCUT2D eigenvalue weighted by Crippen LogP contribution is 2.42. The summed E-state index contributed by atoms with van der Waals surface area (Å²) < 4.78 is 26.5. The first kappa shape index (κ1) is 37.8. The fraction of sp³-hybridized carbons (Fsp3) is 0.862. The lowest BCUT2D eigenvalue weighted by Crippen LogP contribution is -2.27. The van der Waals surface area contributed by atoms with Crippen LogP contribution in [0.1, 0.15) is 129 Å². The number of carbonyl (C=O) groups is 2. The van der Waals surface area contributed by atoms with Gasteiger partial charge in [-0.3, -0.25) is 18.6 Å². The van der Waals surface area contributed by atoms with Gasteiger partial charge in [0.15, 0.2) is 0 Å². The summed E-state index contributed by atoms with van der Waals surface area (Å²) in [5.74, 6) is -0.537. The molecule has 0 aliphatic carbocycles. The van der Waals surface area contributed by atoms with Crippen LogP contribution in [0.25, 0.3) is 0 Å². The van der Waals surface area contributed by atoms with E-state index >= 15 is 0 Å². The maximum atomic E-state index is 11.9. The van der Waals surface area contributed by atoms with E-state index in [1.165, 1.54) is 44.9 Å². The van der Waals surface area contributed by atoms with Gasteiger partial charge in [0.2, 0.25) is 5.91 Å². The Labute approximate surface area is 237 Å². The van der Waals surface area contributed by atoms with Crippen LogP contribution in [0.15, 0.2) is 12.2 Å². The Morgan fingerprint density at radius 2 is 1.31 bits per heavy atom. The first-order valence-corrected chi connectivity index (χ1v) is 16.7. The standard InChI is InChI=1S/C29H56NO8P/c1-3-5-7-9-11-12-13-14-15-16-17-19-21-28(32)30-23-24-37-39(34,35)38-26-27(31)25-36-29(33)22-20-18-10-8-6-4-2/h11-12,27,31H,3-10,13-26H2,1-2H3,(H,30,32)(H,34,35)/b12-11-. The number of nitrogens with one attached hydrogen (secondary N) is 1. The Hall–Kier alpha value is -1.25. The Kier molecular flexibility index (Phi) is 26.1. The van der Waals surface area contributed by atoms with E-state index in [1.54, 1.807) is 0 Å². The van der Waals surface area contributed by atoms with Gasteiger partial charge >= 0.3 is 13.8 Å². The van der Waals surface area contributed by atoms with Crippen molar-refractivity contribution in [2.24, 2.45) is 0 Å². The highest BCUT2D eigenvalue weighted by Gasteiger charge is 2.23. The molecule has 10 heteroatoms. The van der Waals surface area contributed by atoms with E-state index < -0.39 is 26.5 Å². The third-order valence-electron chi connectivity index (χ3n) is 6.20. The van der Waals surface area contributed by atoms with Gasteiger partial charge in [0.25, 0.3) is 0 Å². The van der Waals surface area contributed by atoms with Gasteiger partial charge in [0.05, 0.1) is 13.2 Å². The molecular formula is C29H56NO8P. The number of carbonyl (C=O) groups excluding carboxylic acids is 2. The summed E-state index contributed by atoms with van der Waals surface area (Å²) in [5.41, 5.74) is 0. The lowest BCUT2D eigenvalue weighted by molar-refractivity contribution is -0.147.